The minimum atomic E-state index is -0.731. The molecule has 1 aliphatic heterocycles. The van der Waals surface area contributed by atoms with Crippen molar-refractivity contribution in [1.29, 1.82) is 0 Å². The molecule has 10 nitrogen and oxygen atoms in total. The van der Waals surface area contributed by atoms with Crippen LogP contribution in [-0.2, 0) is 20.7 Å². The molecule has 5 aliphatic rings. The van der Waals surface area contributed by atoms with E-state index in [-0.39, 0.29) is 47.6 Å². The molecule has 0 radical (unpaired) electrons. The second-order valence-electron chi connectivity index (χ2n) is 17.8. The second kappa shape index (κ2) is 14.8. The highest BCUT2D eigenvalue weighted by atomic mass is 19.1. The molecular weight excluding hydrogens is 700 g/mol. The van der Waals surface area contributed by atoms with Gasteiger partial charge in [0.05, 0.1) is 22.2 Å². The average molecular weight is 755 g/mol. The molecule has 11 heteroatoms. The molecule has 0 spiro atoms. The standard InChI is InChI=1S/C44H55FN4O6/c1-42-16-12-30(50)26-29(42)9-10-33-35(42)13-17-43(2)36(33)14-18-44(43,54)15-5-23-55-27-39(51)48-19-21-49(22-20-48)41(53)34-24-28(8-11-37(34)45)25-38-31-6-3-4-7-32(31)40(52)47-46-38/h3-4,6-8,11,24,29,33,35-36,54H,5,9-10,12-23,25-27H2,1-2H3,(H,47,52)/t29-,33+,35-,36-,42-,43-,44-/m0/s1. The molecule has 4 aliphatic carbocycles. The Morgan fingerprint density at radius 3 is 2.49 bits per heavy atom. The second-order valence-corrected chi connectivity index (χ2v) is 17.8. The van der Waals surface area contributed by atoms with Crippen molar-refractivity contribution in [2.24, 2.45) is 34.5 Å². The number of hydrogen-bond donors (Lipinski definition) is 2. The van der Waals surface area contributed by atoms with Crippen molar-refractivity contribution in [3.05, 3.63) is 75.5 Å². The van der Waals surface area contributed by atoms with Crippen LogP contribution in [0.1, 0.15) is 106 Å². The van der Waals surface area contributed by atoms with E-state index >= 15 is 0 Å². The van der Waals surface area contributed by atoms with Crippen LogP contribution in [0.15, 0.2) is 47.3 Å². The summed E-state index contributed by atoms with van der Waals surface area (Å²) >= 11 is 0. The number of aliphatic hydroxyl groups is 1. The molecule has 294 valence electrons. The van der Waals surface area contributed by atoms with Crippen molar-refractivity contribution in [2.45, 2.75) is 96.5 Å². The fourth-order valence-electron chi connectivity index (χ4n) is 12.0. The van der Waals surface area contributed by atoms with Gasteiger partial charge in [-0.25, -0.2) is 9.49 Å². The fraction of sp³-hybridized carbons (Fsp3) is 0.614. The number of carbonyl (C=O) groups is 3. The van der Waals surface area contributed by atoms with E-state index in [1.54, 1.807) is 34.1 Å². The van der Waals surface area contributed by atoms with Gasteiger partial charge in [0.25, 0.3) is 11.5 Å². The Labute approximate surface area is 322 Å². The molecular formula is C44H55FN4O6. The minimum absolute atomic E-state index is 0.0324. The van der Waals surface area contributed by atoms with Crippen molar-refractivity contribution in [1.82, 2.24) is 20.0 Å². The first kappa shape index (κ1) is 37.9. The number of carbonyl (C=O) groups excluding carboxylic acids is 3. The lowest BCUT2D eigenvalue weighted by Gasteiger charge is -2.61. The predicted molar refractivity (Wildman–Crippen MR) is 206 cm³/mol. The molecule has 55 heavy (non-hydrogen) atoms. The SMILES string of the molecule is C[C@]12CCC(=O)C[C@@H]1CC[C@@H]1[C@@H]2CC[C@@]2(C)[C@H]1CC[C@@]2(O)CCCOCC(=O)N1CCN(C(=O)c2cc(Cc3n[nH]c(=O)c4ccccc34)ccc2F)CC1. The van der Waals surface area contributed by atoms with Crippen molar-refractivity contribution >= 4 is 28.4 Å². The van der Waals surface area contributed by atoms with Crippen LogP contribution in [0.25, 0.3) is 10.8 Å². The highest BCUT2D eigenvalue weighted by Gasteiger charge is 2.64. The number of H-pyrrole nitrogens is 1. The molecule has 8 rings (SSSR count). The molecule has 0 unspecified atom stereocenters. The quantitative estimate of drug-likeness (QED) is 0.253. The van der Waals surface area contributed by atoms with Crippen LogP contribution in [0, 0.1) is 40.3 Å². The van der Waals surface area contributed by atoms with Gasteiger partial charge >= 0.3 is 0 Å². The smallest absolute Gasteiger partial charge is 0.272 e. The van der Waals surface area contributed by atoms with E-state index < -0.39 is 17.3 Å². The number of benzene rings is 2. The topological polar surface area (TPSA) is 133 Å². The number of rotatable bonds is 9. The summed E-state index contributed by atoms with van der Waals surface area (Å²) in [6.07, 6.45) is 10.6. The summed E-state index contributed by atoms with van der Waals surface area (Å²) < 4.78 is 20.8. The van der Waals surface area contributed by atoms with Crippen LogP contribution in [0.4, 0.5) is 4.39 Å². The molecule has 2 heterocycles. The van der Waals surface area contributed by atoms with E-state index in [2.05, 4.69) is 24.0 Å². The van der Waals surface area contributed by atoms with Gasteiger partial charge in [0, 0.05) is 57.4 Å². The van der Waals surface area contributed by atoms with Gasteiger partial charge in [0.15, 0.2) is 0 Å². The van der Waals surface area contributed by atoms with Gasteiger partial charge in [-0.1, -0.05) is 38.1 Å². The van der Waals surface area contributed by atoms with E-state index in [9.17, 15) is 28.7 Å². The maximum atomic E-state index is 15.0. The summed E-state index contributed by atoms with van der Waals surface area (Å²) in [4.78, 5) is 54.3. The van der Waals surface area contributed by atoms with Crippen molar-refractivity contribution in [3.63, 3.8) is 0 Å². The summed E-state index contributed by atoms with van der Waals surface area (Å²) in [6.45, 7) is 6.37. The highest BCUT2D eigenvalue weighted by molar-refractivity contribution is 5.95. The zero-order valence-electron chi connectivity index (χ0n) is 32.3. The minimum Gasteiger partial charge on any atom is -0.389 e. The van der Waals surface area contributed by atoms with Crippen LogP contribution in [0.2, 0.25) is 0 Å². The number of piperazine rings is 1. The number of Topliss-reactive ketones (excluding diaryl/α,β-unsaturated/α-hetero) is 1. The molecule has 1 saturated heterocycles. The first-order valence-electron chi connectivity index (χ1n) is 20.5. The maximum Gasteiger partial charge on any atom is 0.272 e. The largest absolute Gasteiger partial charge is 0.389 e. The molecule has 3 aromatic rings. The summed E-state index contributed by atoms with van der Waals surface area (Å²) in [5, 5.41) is 20.1. The predicted octanol–water partition coefficient (Wildman–Crippen LogP) is 6.08. The first-order valence-corrected chi connectivity index (χ1v) is 20.5. The molecule has 4 saturated carbocycles. The van der Waals surface area contributed by atoms with Crippen molar-refractivity contribution in [2.75, 3.05) is 39.4 Å². The number of hydrogen-bond acceptors (Lipinski definition) is 7. The number of amides is 2. The molecule has 0 bridgehead atoms. The molecule has 2 N–H and O–H groups in total. The van der Waals surface area contributed by atoms with Crippen molar-refractivity contribution < 1.29 is 28.6 Å². The van der Waals surface area contributed by atoms with Gasteiger partial charge in [0.2, 0.25) is 5.91 Å². The summed E-state index contributed by atoms with van der Waals surface area (Å²) in [6, 6.07) is 11.6. The number of nitrogens with one attached hydrogen (secondary N) is 1. The number of halogens is 1. The summed E-state index contributed by atoms with van der Waals surface area (Å²) in [5.74, 6) is 1.59. The van der Waals surface area contributed by atoms with Gasteiger partial charge in [-0.3, -0.25) is 19.2 Å². The third-order valence-electron chi connectivity index (χ3n) is 15.2. The molecule has 1 aromatic heterocycles. The Morgan fingerprint density at radius 1 is 0.945 bits per heavy atom. The van der Waals surface area contributed by atoms with Crippen LogP contribution in [0.3, 0.4) is 0 Å². The van der Waals surface area contributed by atoms with Crippen molar-refractivity contribution in [3.8, 4) is 0 Å². The number of nitrogens with zero attached hydrogens (tertiary/aromatic N) is 3. The van der Waals surface area contributed by atoms with Crippen LogP contribution in [-0.4, -0.2) is 87.7 Å². The van der Waals surface area contributed by atoms with Gasteiger partial charge in [-0.15, -0.1) is 0 Å². The number of aromatic amines is 1. The number of ketones is 1. The Morgan fingerprint density at radius 2 is 1.69 bits per heavy atom. The Balaban J connectivity index is 0.795. The van der Waals surface area contributed by atoms with E-state index in [1.807, 2.05) is 12.1 Å². The van der Waals surface area contributed by atoms with Gasteiger partial charge in [-0.05, 0) is 116 Å². The van der Waals surface area contributed by atoms with E-state index in [0.29, 0.717) is 90.4 Å². The number of fused-ring (bicyclic) bond motifs is 6. The Hall–Kier alpha value is -3.96. The third kappa shape index (κ3) is 6.83. The number of aromatic nitrogens is 2. The summed E-state index contributed by atoms with van der Waals surface area (Å²) in [7, 11) is 0. The van der Waals surface area contributed by atoms with Gasteiger partial charge in [-0.2, -0.15) is 5.10 Å². The number of ether oxygens (including phenoxy) is 1. The zero-order valence-corrected chi connectivity index (χ0v) is 32.3. The van der Waals surface area contributed by atoms with E-state index in [0.717, 1.165) is 51.4 Å². The van der Waals surface area contributed by atoms with Crippen LogP contribution >= 0.6 is 0 Å². The fourth-order valence-corrected chi connectivity index (χ4v) is 12.0. The maximum absolute atomic E-state index is 15.0. The highest BCUT2D eigenvalue weighted by Crippen LogP contribution is 2.68. The Bertz CT molecular complexity index is 2030. The molecule has 7 atom stereocenters. The summed E-state index contributed by atoms with van der Waals surface area (Å²) in [5.41, 5.74) is 0.413. The van der Waals surface area contributed by atoms with Gasteiger partial charge in [0.1, 0.15) is 18.2 Å². The monoisotopic (exact) mass is 754 g/mol. The lowest BCUT2D eigenvalue weighted by Crippen LogP contribution is -2.56. The molecule has 2 amide bonds. The lowest BCUT2D eigenvalue weighted by molar-refractivity contribution is -0.159. The normalized spacial score (nSPS) is 31.9. The lowest BCUT2D eigenvalue weighted by atomic mass is 9.44. The van der Waals surface area contributed by atoms with Crippen LogP contribution in [0.5, 0.6) is 0 Å². The molecule has 5 fully saturated rings. The van der Waals surface area contributed by atoms with E-state index in [1.165, 1.54) is 12.5 Å². The Kier molecular flexibility index (Phi) is 10.2. The zero-order chi connectivity index (χ0) is 38.5. The van der Waals surface area contributed by atoms with Gasteiger partial charge < -0.3 is 19.6 Å². The van der Waals surface area contributed by atoms with Crippen LogP contribution < -0.4 is 5.56 Å². The first-order chi connectivity index (χ1) is 26.4. The van der Waals surface area contributed by atoms with E-state index in [4.69, 9.17) is 4.74 Å². The average Bonchev–Trinajstić information content (AvgIpc) is 3.46. The third-order valence-corrected chi connectivity index (χ3v) is 15.2. The molecule has 2 aromatic carbocycles.